The molecule has 2 N–H and O–H groups in total. The zero-order valence-corrected chi connectivity index (χ0v) is 19.7. The number of hydrogen-bond donors (Lipinski definition) is 2. The van der Waals surface area contributed by atoms with Crippen molar-refractivity contribution in [2.45, 2.75) is 27.3 Å². The van der Waals surface area contributed by atoms with Crippen molar-refractivity contribution in [3.05, 3.63) is 62.2 Å². The van der Waals surface area contributed by atoms with Gasteiger partial charge in [0.05, 0.1) is 36.3 Å². The number of nitrogens with zero attached hydrogens (tertiary/aromatic N) is 2. The van der Waals surface area contributed by atoms with Crippen LogP contribution in [0.1, 0.15) is 32.2 Å². The van der Waals surface area contributed by atoms with Crippen LogP contribution in [-0.4, -0.2) is 28.0 Å². The molecule has 6 nitrogen and oxygen atoms in total. The Morgan fingerprint density at radius 3 is 2.59 bits per heavy atom. The first-order valence-corrected chi connectivity index (χ1v) is 10.9. The van der Waals surface area contributed by atoms with Crippen molar-refractivity contribution < 1.29 is 9.53 Å². The fourth-order valence-corrected chi connectivity index (χ4v) is 4.35. The molecule has 0 atom stereocenters. The van der Waals surface area contributed by atoms with Gasteiger partial charge in [-0.05, 0) is 56.8 Å². The molecule has 0 aliphatic carbocycles. The number of halogens is 1. The van der Waals surface area contributed by atoms with Gasteiger partial charge in [0.2, 0.25) is 0 Å². The van der Waals surface area contributed by atoms with E-state index in [0.717, 1.165) is 32.0 Å². The van der Waals surface area contributed by atoms with Gasteiger partial charge in [0.1, 0.15) is 5.00 Å². The SMILES string of the molecule is COC(=O)c1cc(C)sc1NC(=S)Nc1c(C)nn(Cc2ccc(Br)cc2)c1C. The van der Waals surface area contributed by atoms with Gasteiger partial charge < -0.3 is 15.4 Å². The summed E-state index contributed by atoms with van der Waals surface area (Å²) < 4.78 is 7.83. The lowest BCUT2D eigenvalue weighted by Crippen LogP contribution is -2.20. The third kappa shape index (κ3) is 5.04. The number of anilines is 2. The van der Waals surface area contributed by atoms with Crippen molar-refractivity contribution in [3.63, 3.8) is 0 Å². The number of esters is 1. The van der Waals surface area contributed by atoms with Gasteiger partial charge in [-0.25, -0.2) is 4.79 Å². The predicted molar refractivity (Wildman–Crippen MR) is 125 cm³/mol. The van der Waals surface area contributed by atoms with Crippen LogP contribution in [0.5, 0.6) is 0 Å². The molecule has 9 heteroatoms. The average Bonchev–Trinajstić information content (AvgIpc) is 3.17. The highest BCUT2D eigenvalue weighted by Crippen LogP contribution is 2.29. The van der Waals surface area contributed by atoms with E-state index < -0.39 is 5.97 Å². The van der Waals surface area contributed by atoms with Crippen LogP contribution in [0.4, 0.5) is 10.7 Å². The van der Waals surface area contributed by atoms with Crippen LogP contribution in [0.3, 0.4) is 0 Å². The van der Waals surface area contributed by atoms with Crippen LogP contribution >= 0.6 is 39.5 Å². The zero-order chi connectivity index (χ0) is 21.1. The van der Waals surface area contributed by atoms with Gasteiger partial charge >= 0.3 is 5.97 Å². The molecule has 0 unspecified atom stereocenters. The monoisotopic (exact) mass is 492 g/mol. The molecular weight excluding hydrogens is 472 g/mol. The summed E-state index contributed by atoms with van der Waals surface area (Å²) in [6, 6.07) is 9.94. The second-order valence-corrected chi connectivity index (χ2v) is 9.08. The highest BCUT2D eigenvalue weighted by molar-refractivity contribution is 9.10. The summed E-state index contributed by atoms with van der Waals surface area (Å²) in [5.41, 5.74) is 4.30. The Balaban J connectivity index is 1.75. The summed E-state index contributed by atoms with van der Waals surface area (Å²) >= 11 is 10.4. The van der Waals surface area contributed by atoms with E-state index in [0.29, 0.717) is 22.2 Å². The lowest BCUT2D eigenvalue weighted by atomic mass is 10.2. The number of methoxy groups -OCH3 is 1. The number of aromatic nitrogens is 2. The number of hydrogen-bond acceptors (Lipinski definition) is 5. The van der Waals surface area contributed by atoms with Crippen molar-refractivity contribution in [2.75, 3.05) is 17.7 Å². The summed E-state index contributed by atoms with van der Waals surface area (Å²) in [5.74, 6) is -0.394. The molecule has 0 amide bonds. The number of benzene rings is 1. The Labute approximate surface area is 187 Å². The van der Waals surface area contributed by atoms with Gasteiger partial charge in [-0.3, -0.25) is 4.68 Å². The first-order chi connectivity index (χ1) is 13.8. The van der Waals surface area contributed by atoms with E-state index in [-0.39, 0.29) is 0 Å². The van der Waals surface area contributed by atoms with Crippen molar-refractivity contribution in [2.24, 2.45) is 0 Å². The molecule has 0 saturated carbocycles. The summed E-state index contributed by atoms with van der Waals surface area (Å²) in [5, 5.41) is 12.0. The largest absolute Gasteiger partial charge is 0.465 e. The molecule has 3 rings (SSSR count). The number of carbonyl (C=O) groups excluding carboxylic acids is 1. The molecule has 2 aromatic heterocycles. The molecule has 0 spiro atoms. The quantitative estimate of drug-likeness (QED) is 0.373. The Morgan fingerprint density at radius 2 is 1.93 bits per heavy atom. The average molecular weight is 493 g/mol. The normalized spacial score (nSPS) is 10.7. The highest BCUT2D eigenvalue weighted by Gasteiger charge is 2.18. The van der Waals surface area contributed by atoms with Crippen molar-refractivity contribution in [1.29, 1.82) is 0 Å². The van der Waals surface area contributed by atoms with Crippen molar-refractivity contribution >= 4 is 61.3 Å². The molecule has 0 aliphatic rings. The Bertz CT molecular complexity index is 1060. The first kappa shape index (κ1) is 21.5. The van der Waals surface area contributed by atoms with Crippen LogP contribution in [-0.2, 0) is 11.3 Å². The molecular formula is C20H21BrN4O2S2. The van der Waals surface area contributed by atoms with E-state index in [1.54, 1.807) is 6.07 Å². The smallest absolute Gasteiger partial charge is 0.340 e. The lowest BCUT2D eigenvalue weighted by molar-refractivity contribution is 0.0602. The van der Waals surface area contributed by atoms with E-state index in [1.807, 2.05) is 37.6 Å². The fourth-order valence-electron chi connectivity index (χ4n) is 2.91. The van der Waals surface area contributed by atoms with Crippen molar-refractivity contribution in [1.82, 2.24) is 9.78 Å². The molecule has 0 bridgehead atoms. The van der Waals surface area contributed by atoms with Crippen LogP contribution in [0, 0.1) is 20.8 Å². The Morgan fingerprint density at radius 1 is 1.24 bits per heavy atom. The van der Waals surface area contributed by atoms with Crippen LogP contribution in [0.15, 0.2) is 34.8 Å². The molecule has 0 saturated heterocycles. The minimum atomic E-state index is -0.394. The maximum atomic E-state index is 12.0. The topological polar surface area (TPSA) is 68.2 Å². The molecule has 1 aromatic carbocycles. The number of ether oxygens (including phenoxy) is 1. The summed E-state index contributed by atoms with van der Waals surface area (Å²) in [4.78, 5) is 12.9. The van der Waals surface area contributed by atoms with Gasteiger partial charge in [-0.15, -0.1) is 11.3 Å². The molecule has 0 aliphatic heterocycles. The van der Waals surface area contributed by atoms with Crippen LogP contribution < -0.4 is 10.6 Å². The van der Waals surface area contributed by atoms with Gasteiger partial charge in [-0.1, -0.05) is 28.1 Å². The molecule has 0 fully saturated rings. The standard InChI is InChI=1S/C20H21BrN4O2S2/c1-11-9-16(19(26)27-4)18(29-11)23-20(28)22-17-12(2)24-25(13(17)3)10-14-5-7-15(21)8-6-14/h5-9H,10H2,1-4H3,(H2,22,23,28). The molecule has 0 radical (unpaired) electrons. The number of aryl methyl sites for hydroxylation is 2. The number of rotatable bonds is 5. The number of thiocarbonyl (C=S) groups is 1. The number of carbonyl (C=O) groups is 1. The molecule has 2 heterocycles. The van der Waals surface area contributed by atoms with E-state index in [9.17, 15) is 4.79 Å². The summed E-state index contributed by atoms with van der Waals surface area (Å²) in [6.45, 7) is 6.53. The third-order valence-corrected chi connectivity index (χ3v) is 6.05. The van der Waals surface area contributed by atoms with Gasteiger partial charge in [0, 0.05) is 9.35 Å². The fraction of sp³-hybridized carbons (Fsp3) is 0.250. The van der Waals surface area contributed by atoms with Crippen LogP contribution in [0.2, 0.25) is 0 Å². The Hall–Kier alpha value is -2.23. The maximum Gasteiger partial charge on any atom is 0.340 e. The van der Waals surface area contributed by atoms with E-state index in [2.05, 4.69) is 43.8 Å². The van der Waals surface area contributed by atoms with Gasteiger partial charge in [0.25, 0.3) is 0 Å². The minimum absolute atomic E-state index is 0.394. The summed E-state index contributed by atoms with van der Waals surface area (Å²) in [6.07, 6.45) is 0. The van der Waals surface area contributed by atoms with E-state index >= 15 is 0 Å². The van der Waals surface area contributed by atoms with Crippen LogP contribution in [0.25, 0.3) is 0 Å². The molecule has 152 valence electrons. The van der Waals surface area contributed by atoms with E-state index in [4.69, 9.17) is 17.0 Å². The van der Waals surface area contributed by atoms with Gasteiger partial charge in [-0.2, -0.15) is 5.10 Å². The number of thiophene rings is 1. The van der Waals surface area contributed by atoms with Gasteiger partial charge in [0.15, 0.2) is 5.11 Å². The Kier molecular flexibility index (Phi) is 6.71. The molecule has 3 aromatic rings. The third-order valence-electron chi connectivity index (χ3n) is 4.35. The van der Waals surface area contributed by atoms with Crippen molar-refractivity contribution in [3.8, 4) is 0 Å². The summed E-state index contributed by atoms with van der Waals surface area (Å²) in [7, 11) is 1.36. The minimum Gasteiger partial charge on any atom is -0.465 e. The zero-order valence-electron chi connectivity index (χ0n) is 16.5. The van der Waals surface area contributed by atoms with E-state index in [1.165, 1.54) is 18.4 Å². The maximum absolute atomic E-state index is 12.0. The second kappa shape index (κ2) is 9.06. The predicted octanol–water partition coefficient (Wildman–Crippen LogP) is 5.28. The highest BCUT2D eigenvalue weighted by atomic mass is 79.9. The molecule has 29 heavy (non-hydrogen) atoms. The first-order valence-electron chi connectivity index (χ1n) is 8.83. The lowest BCUT2D eigenvalue weighted by Gasteiger charge is -2.11. The second-order valence-electron chi connectivity index (χ2n) is 6.50. The number of nitrogens with one attached hydrogen (secondary N) is 2.